The highest BCUT2D eigenvalue weighted by Crippen LogP contribution is 2.19. The van der Waals surface area contributed by atoms with Crippen LogP contribution in [0.1, 0.15) is 30.7 Å². The summed E-state index contributed by atoms with van der Waals surface area (Å²) in [5, 5.41) is 4.23. The zero-order valence-electron chi connectivity index (χ0n) is 12.9. The maximum Gasteiger partial charge on any atom is 0.122 e. The van der Waals surface area contributed by atoms with Crippen molar-refractivity contribution >= 4 is 11.6 Å². The maximum atomic E-state index is 6.21. The lowest BCUT2D eigenvalue weighted by Gasteiger charge is -2.17. The standard InChI is InChI=1S/C17H23ClN2O/c1-13(2)19-10-14-8-9-21-17(14)12-20(3)11-15-6-4-5-7-16(15)18/h4-9,13,19H,10-12H2,1-3H3. The van der Waals surface area contributed by atoms with E-state index in [0.717, 1.165) is 36.0 Å². The minimum atomic E-state index is 0.466. The number of halogens is 1. The predicted octanol–water partition coefficient (Wildman–Crippen LogP) is 4.06. The molecule has 1 heterocycles. The summed E-state index contributed by atoms with van der Waals surface area (Å²) in [5.74, 6) is 1.01. The van der Waals surface area contributed by atoms with Crippen LogP contribution in [-0.4, -0.2) is 18.0 Å². The van der Waals surface area contributed by atoms with E-state index in [1.165, 1.54) is 5.56 Å². The molecule has 2 aromatic rings. The van der Waals surface area contributed by atoms with Crippen LogP contribution in [0.25, 0.3) is 0 Å². The molecule has 0 radical (unpaired) electrons. The van der Waals surface area contributed by atoms with Crippen LogP contribution in [0.15, 0.2) is 41.0 Å². The fourth-order valence-electron chi connectivity index (χ4n) is 2.20. The minimum Gasteiger partial charge on any atom is -0.468 e. The van der Waals surface area contributed by atoms with Gasteiger partial charge in [0, 0.05) is 29.7 Å². The van der Waals surface area contributed by atoms with E-state index in [1.54, 1.807) is 6.26 Å². The molecule has 0 spiro atoms. The van der Waals surface area contributed by atoms with Crippen LogP contribution in [0.4, 0.5) is 0 Å². The van der Waals surface area contributed by atoms with Gasteiger partial charge in [0.15, 0.2) is 0 Å². The van der Waals surface area contributed by atoms with E-state index in [1.807, 2.05) is 24.3 Å². The summed E-state index contributed by atoms with van der Waals surface area (Å²) in [7, 11) is 2.07. The molecular weight excluding hydrogens is 284 g/mol. The zero-order valence-corrected chi connectivity index (χ0v) is 13.7. The zero-order chi connectivity index (χ0) is 15.2. The van der Waals surface area contributed by atoms with Crippen LogP contribution in [-0.2, 0) is 19.6 Å². The number of furan rings is 1. The molecule has 0 saturated heterocycles. The molecule has 0 unspecified atom stereocenters. The normalized spacial score (nSPS) is 11.5. The third kappa shape index (κ3) is 4.88. The molecule has 4 heteroatoms. The highest BCUT2D eigenvalue weighted by Gasteiger charge is 2.11. The van der Waals surface area contributed by atoms with Crippen molar-refractivity contribution in [1.82, 2.24) is 10.2 Å². The largest absolute Gasteiger partial charge is 0.468 e. The minimum absolute atomic E-state index is 0.466. The van der Waals surface area contributed by atoms with Crippen LogP contribution in [0, 0.1) is 0 Å². The molecular formula is C17H23ClN2O. The van der Waals surface area contributed by atoms with Crippen LogP contribution in [0.5, 0.6) is 0 Å². The van der Waals surface area contributed by atoms with Gasteiger partial charge in [-0.05, 0) is 24.7 Å². The van der Waals surface area contributed by atoms with Crippen LogP contribution < -0.4 is 5.32 Å². The van der Waals surface area contributed by atoms with Crippen molar-refractivity contribution in [2.75, 3.05) is 7.05 Å². The molecule has 2 rings (SSSR count). The molecule has 0 fully saturated rings. The quantitative estimate of drug-likeness (QED) is 0.836. The lowest BCUT2D eigenvalue weighted by Crippen LogP contribution is -2.23. The molecule has 0 aliphatic rings. The second-order valence-electron chi connectivity index (χ2n) is 5.67. The Morgan fingerprint density at radius 1 is 1.14 bits per heavy atom. The molecule has 0 saturated carbocycles. The Kier molecular flexibility index (Phi) is 5.85. The summed E-state index contributed by atoms with van der Waals surface area (Å²) in [6, 6.07) is 10.5. The number of benzene rings is 1. The average Bonchev–Trinajstić information content (AvgIpc) is 2.86. The summed E-state index contributed by atoms with van der Waals surface area (Å²) in [6.45, 7) is 6.70. The smallest absolute Gasteiger partial charge is 0.122 e. The monoisotopic (exact) mass is 306 g/mol. The molecule has 114 valence electrons. The van der Waals surface area contributed by atoms with Crippen molar-refractivity contribution in [3.05, 3.63) is 58.5 Å². The van der Waals surface area contributed by atoms with Crippen LogP contribution in [0.3, 0.4) is 0 Å². The first-order chi connectivity index (χ1) is 10.1. The molecule has 3 nitrogen and oxygen atoms in total. The Bertz CT molecular complexity index is 565. The summed E-state index contributed by atoms with van der Waals surface area (Å²) in [6.07, 6.45) is 1.76. The third-order valence-electron chi connectivity index (χ3n) is 3.35. The second-order valence-corrected chi connectivity index (χ2v) is 6.08. The van der Waals surface area contributed by atoms with E-state index in [-0.39, 0.29) is 0 Å². The highest BCUT2D eigenvalue weighted by atomic mass is 35.5. The lowest BCUT2D eigenvalue weighted by atomic mass is 10.2. The number of nitrogens with one attached hydrogen (secondary N) is 1. The van der Waals surface area contributed by atoms with E-state index in [0.29, 0.717) is 6.04 Å². The summed E-state index contributed by atoms with van der Waals surface area (Å²) >= 11 is 6.21. The van der Waals surface area contributed by atoms with Gasteiger partial charge in [-0.2, -0.15) is 0 Å². The molecule has 0 aliphatic carbocycles. The average molecular weight is 307 g/mol. The van der Waals surface area contributed by atoms with Gasteiger partial charge in [0.1, 0.15) is 5.76 Å². The van der Waals surface area contributed by atoms with Crippen LogP contribution in [0.2, 0.25) is 5.02 Å². The second kappa shape index (κ2) is 7.64. The molecule has 0 bridgehead atoms. The number of hydrogen-bond donors (Lipinski definition) is 1. The maximum absolute atomic E-state index is 6.21. The van der Waals surface area contributed by atoms with Crippen molar-refractivity contribution < 1.29 is 4.42 Å². The van der Waals surface area contributed by atoms with E-state index < -0.39 is 0 Å². The van der Waals surface area contributed by atoms with Gasteiger partial charge >= 0.3 is 0 Å². The third-order valence-corrected chi connectivity index (χ3v) is 3.72. The van der Waals surface area contributed by atoms with Crippen LogP contribution >= 0.6 is 11.6 Å². The number of rotatable bonds is 7. The molecule has 21 heavy (non-hydrogen) atoms. The Labute approximate surface area is 131 Å². The van der Waals surface area contributed by atoms with Gasteiger partial charge in [-0.15, -0.1) is 0 Å². The van der Waals surface area contributed by atoms with Crippen molar-refractivity contribution in [1.29, 1.82) is 0 Å². The van der Waals surface area contributed by atoms with E-state index in [2.05, 4.69) is 37.2 Å². The molecule has 1 aromatic carbocycles. The Morgan fingerprint density at radius 2 is 1.90 bits per heavy atom. The first kappa shape index (κ1) is 16.1. The van der Waals surface area contributed by atoms with Gasteiger partial charge in [0.2, 0.25) is 0 Å². The summed E-state index contributed by atoms with van der Waals surface area (Å²) in [4.78, 5) is 2.21. The topological polar surface area (TPSA) is 28.4 Å². The molecule has 1 N–H and O–H groups in total. The summed E-state index contributed by atoms with van der Waals surface area (Å²) in [5.41, 5.74) is 2.35. The highest BCUT2D eigenvalue weighted by molar-refractivity contribution is 6.31. The fraction of sp³-hybridized carbons (Fsp3) is 0.412. The first-order valence-corrected chi connectivity index (χ1v) is 7.64. The van der Waals surface area contributed by atoms with Gasteiger partial charge in [0.05, 0.1) is 12.8 Å². The van der Waals surface area contributed by atoms with E-state index >= 15 is 0 Å². The molecule has 1 aromatic heterocycles. The van der Waals surface area contributed by atoms with E-state index in [4.69, 9.17) is 16.0 Å². The van der Waals surface area contributed by atoms with Gasteiger partial charge in [-0.1, -0.05) is 43.6 Å². The van der Waals surface area contributed by atoms with Crippen molar-refractivity contribution in [2.24, 2.45) is 0 Å². The number of nitrogens with zero attached hydrogens (tertiary/aromatic N) is 1. The van der Waals surface area contributed by atoms with Gasteiger partial charge < -0.3 is 9.73 Å². The van der Waals surface area contributed by atoms with Crippen molar-refractivity contribution in [3.63, 3.8) is 0 Å². The molecule has 0 aliphatic heterocycles. The van der Waals surface area contributed by atoms with Crippen molar-refractivity contribution in [2.45, 2.75) is 39.5 Å². The fourth-order valence-corrected chi connectivity index (χ4v) is 2.39. The molecule has 0 atom stereocenters. The van der Waals surface area contributed by atoms with Crippen molar-refractivity contribution in [3.8, 4) is 0 Å². The lowest BCUT2D eigenvalue weighted by molar-refractivity contribution is 0.285. The van der Waals surface area contributed by atoms with Gasteiger partial charge in [-0.3, -0.25) is 4.90 Å². The van der Waals surface area contributed by atoms with Gasteiger partial charge in [-0.25, -0.2) is 0 Å². The predicted molar refractivity (Wildman–Crippen MR) is 87.3 cm³/mol. The number of hydrogen-bond acceptors (Lipinski definition) is 3. The Hall–Kier alpha value is -1.29. The molecule has 0 amide bonds. The van der Waals surface area contributed by atoms with Gasteiger partial charge in [0.25, 0.3) is 0 Å². The Morgan fingerprint density at radius 3 is 2.62 bits per heavy atom. The Balaban J connectivity index is 1.95. The first-order valence-electron chi connectivity index (χ1n) is 7.27. The summed E-state index contributed by atoms with van der Waals surface area (Å²) < 4.78 is 5.62. The SMILES string of the molecule is CC(C)NCc1ccoc1CN(C)Cc1ccccc1Cl. The van der Waals surface area contributed by atoms with E-state index in [9.17, 15) is 0 Å².